The van der Waals surface area contributed by atoms with E-state index in [0.29, 0.717) is 26.1 Å². The lowest BCUT2D eigenvalue weighted by Crippen LogP contribution is -2.30. The molecular weight excluding hydrogens is 320 g/mol. The van der Waals surface area contributed by atoms with Crippen LogP contribution in [0.15, 0.2) is 24.3 Å². The van der Waals surface area contributed by atoms with Gasteiger partial charge in [0.1, 0.15) is 5.75 Å². The second kappa shape index (κ2) is 9.20. The third-order valence-corrected chi connectivity index (χ3v) is 4.04. The van der Waals surface area contributed by atoms with Crippen molar-refractivity contribution in [2.24, 2.45) is 5.41 Å². The summed E-state index contributed by atoms with van der Waals surface area (Å²) in [7, 11) is 1.62. The molecular formula is C20H32O5. The maximum absolute atomic E-state index is 12.2. The average Bonchev–Trinajstić information content (AvgIpc) is 2.53. The number of carbonyl (C=O) groups excluding carboxylic acids is 1. The molecule has 0 aliphatic rings. The average molecular weight is 352 g/mol. The number of methoxy groups -OCH3 is 1. The quantitative estimate of drug-likeness (QED) is 0.647. The van der Waals surface area contributed by atoms with E-state index in [1.54, 1.807) is 27.9 Å². The Morgan fingerprint density at radius 3 is 2.24 bits per heavy atom. The summed E-state index contributed by atoms with van der Waals surface area (Å²) in [6, 6.07) is 7.63. The van der Waals surface area contributed by atoms with Gasteiger partial charge in [-0.2, -0.15) is 0 Å². The van der Waals surface area contributed by atoms with Gasteiger partial charge in [-0.25, -0.2) is 0 Å². The fourth-order valence-corrected chi connectivity index (χ4v) is 2.42. The van der Waals surface area contributed by atoms with Crippen molar-refractivity contribution in [3.8, 4) is 5.75 Å². The van der Waals surface area contributed by atoms with E-state index < -0.39 is 11.0 Å². The lowest BCUT2D eigenvalue weighted by atomic mass is 9.84. The summed E-state index contributed by atoms with van der Waals surface area (Å²) in [5, 5.41) is 9.89. The summed E-state index contributed by atoms with van der Waals surface area (Å²) in [6.07, 6.45) is 0.733. The van der Waals surface area contributed by atoms with E-state index in [-0.39, 0.29) is 12.1 Å². The minimum Gasteiger partial charge on any atom is -0.497 e. The molecule has 0 saturated carbocycles. The van der Waals surface area contributed by atoms with E-state index in [2.05, 4.69) is 0 Å². The number of ether oxygens (including phenoxy) is 3. The number of carbonyl (C=O) groups is 1. The van der Waals surface area contributed by atoms with Crippen LogP contribution in [0.2, 0.25) is 0 Å². The third kappa shape index (κ3) is 7.45. The predicted octanol–water partition coefficient (Wildman–Crippen LogP) is 3.89. The molecule has 0 aliphatic heterocycles. The van der Waals surface area contributed by atoms with Gasteiger partial charge in [0.15, 0.2) is 0 Å². The molecule has 1 unspecified atom stereocenters. The highest BCUT2D eigenvalue weighted by atomic mass is 16.5. The van der Waals surface area contributed by atoms with Crippen molar-refractivity contribution in [1.82, 2.24) is 0 Å². The van der Waals surface area contributed by atoms with E-state index >= 15 is 0 Å². The number of rotatable bonds is 10. The molecule has 0 aromatic heterocycles. The Kier molecular flexibility index (Phi) is 7.90. The van der Waals surface area contributed by atoms with Gasteiger partial charge >= 0.3 is 5.97 Å². The van der Waals surface area contributed by atoms with Gasteiger partial charge in [0.05, 0.1) is 37.4 Å². The van der Waals surface area contributed by atoms with Gasteiger partial charge in [-0.3, -0.25) is 4.79 Å². The van der Waals surface area contributed by atoms with Crippen molar-refractivity contribution in [3.05, 3.63) is 29.8 Å². The van der Waals surface area contributed by atoms with E-state index in [1.807, 2.05) is 38.1 Å². The predicted molar refractivity (Wildman–Crippen MR) is 97.6 cm³/mol. The molecule has 1 rings (SSSR count). The zero-order chi connectivity index (χ0) is 19.1. The normalized spacial score (nSPS) is 13.4. The van der Waals surface area contributed by atoms with E-state index in [1.165, 1.54) is 0 Å². The largest absolute Gasteiger partial charge is 0.497 e. The Morgan fingerprint density at radius 1 is 1.16 bits per heavy atom. The van der Waals surface area contributed by atoms with Crippen molar-refractivity contribution in [2.75, 3.05) is 20.3 Å². The van der Waals surface area contributed by atoms with Crippen LogP contribution in [0, 0.1) is 5.41 Å². The molecule has 25 heavy (non-hydrogen) atoms. The van der Waals surface area contributed by atoms with E-state index in [0.717, 1.165) is 11.3 Å². The van der Waals surface area contributed by atoms with Crippen molar-refractivity contribution in [1.29, 1.82) is 0 Å². The Balaban J connectivity index is 2.91. The first-order valence-electron chi connectivity index (χ1n) is 8.74. The smallest absolute Gasteiger partial charge is 0.311 e. The summed E-state index contributed by atoms with van der Waals surface area (Å²) >= 11 is 0. The molecule has 0 aliphatic carbocycles. The van der Waals surface area contributed by atoms with Crippen molar-refractivity contribution < 1.29 is 24.1 Å². The lowest BCUT2D eigenvalue weighted by molar-refractivity contribution is -0.156. The van der Waals surface area contributed by atoms with Crippen molar-refractivity contribution in [3.63, 3.8) is 0 Å². The van der Waals surface area contributed by atoms with Gasteiger partial charge in [0.2, 0.25) is 0 Å². The van der Waals surface area contributed by atoms with Crippen LogP contribution >= 0.6 is 0 Å². The third-order valence-electron chi connectivity index (χ3n) is 4.04. The number of hydrogen-bond acceptors (Lipinski definition) is 5. The standard InChI is InChI=1S/C20H32O5/c1-7-24-18(21)19(2,3)14-17(25-13-12-20(4,5)22)15-8-10-16(23-6)11-9-15/h8-11,17,22H,7,12-14H2,1-6H3. The van der Waals surface area contributed by atoms with E-state index in [9.17, 15) is 9.90 Å². The number of esters is 1. The fourth-order valence-electron chi connectivity index (χ4n) is 2.42. The Hall–Kier alpha value is -1.59. The molecule has 0 spiro atoms. The van der Waals surface area contributed by atoms with Gasteiger partial charge in [-0.15, -0.1) is 0 Å². The fraction of sp³-hybridized carbons (Fsp3) is 0.650. The maximum Gasteiger partial charge on any atom is 0.311 e. The summed E-state index contributed by atoms with van der Waals surface area (Å²) in [5.74, 6) is 0.531. The van der Waals surface area contributed by atoms with Gasteiger partial charge in [-0.1, -0.05) is 12.1 Å². The molecule has 0 fully saturated rings. The molecule has 1 aromatic carbocycles. The van der Waals surface area contributed by atoms with Crippen LogP contribution in [0.4, 0.5) is 0 Å². The van der Waals surface area contributed by atoms with Crippen LogP contribution < -0.4 is 4.74 Å². The first-order valence-corrected chi connectivity index (χ1v) is 8.74. The number of aliphatic hydroxyl groups is 1. The molecule has 142 valence electrons. The Bertz CT molecular complexity index is 528. The highest BCUT2D eigenvalue weighted by molar-refractivity contribution is 5.75. The second-order valence-corrected chi connectivity index (χ2v) is 7.50. The maximum atomic E-state index is 12.2. The molecule has 0 amide bonds. The van der Waals surface area contributed by atoms with Crippen LogP contribution in [0.5, 0.6) is 5.75 Å². The summed E-state index contributed by atoms with van der Waals surface area (Å²) in [6.45, 7) is 9.78. The number of benzene rings is 1. The molecule has 0 heterocycles. The van der Waals surface area contributed by atoms with Crippen LogP contribution in [0.1, 0.15) is 59.1 Å². The van der Waals surface area contributed by atoms with Crippen LogP contribution in [-0.4, -0.2) is 37.0 Å². The zero-order valence-corrected chi connectivity index (χ0v) is 16.3. The molecule has 5 nitrogen and oxygen atoms in total. The Morgan fingerprint density at radius 2 is 1.76 bits per heavy atom. The molecule has 0 bridgehead atoms. The molecule has 5 heteroatoms. The second-order valence-electron chi connectivity index (χ2n) is 7.50. The van der Waals surface area contributed by atoms with Gasteiger partial charge in [-0.05, 0) is 65.2 Å². The summed E-state index contributed by atoms with van der Waals surface area (Å²) < 4.78 is 16.4. The molecule has 0 saturated heterocycles. The topological polar surface area (TPSA) is 65.0 Å². The highest BCUT2D eigenvalue weighted by Crippen LogP contribution is 2.34. The van der Waals surface area contributed by atoms with Crippen molar-refractivity contribution in [2.45, 2.75) is 59.2 Å². The summed E-state index contributed by atoms with van der Waals surface area (Å²) in [5.41, 5.74) is -0.495. The van der Waals surface area contributed by atoms with Gasteiger partial charge in [0, 0.05) is 0 Å². The monoisotopic (exact) mass is 352 g/mol. The number of hydrogen-bond donors (Lipinski definition) is 1. The van der Waals surface area contributed by atoms with E-state index in [4.69, 9.17) is 14.2 Å². The lowest BCUT2D eigenvalue weighted by Gasteiger charge is -2.29. The van der Waals surface area contributed by atoms with Crippen LogP contribution in [-0.2, 0) is 14.3 Å². The first-order chi connectivity index (χ1) is 11.6. The van der Waals surface area contributed by atoms with Crippen LogP contribution in [0.3, 0.4) is 0 Å². The van der Waals surface area contributed by atoms with Gasteiger partial charge in [0.25, 0.3) is 0 Å². The zero-order valence-electron chi connectivity index (χ0n) is 16.3. The van der Waals surface area contributed by atoms with Crippen LogP contribution in [0.25, 0.3) is 0 Å². The van der Waals surface area contributed by atoms with Gasteiger partial charge < -0.3 is 19.3 Å². The first kappa shape index (κ1) is 21.5. The Labute approximate surface area is 151 Å². The van der Waals surface area contributed by atoms with Crippen molar-refractivity contribution >= 4 is 5.97 Å². The minimum atomic E-state index is -0.791. The minimum absolute atomic E-state index is 0.236. The SMILES string of the molecule is CCOC(=O)C(C)(C)CC(OCCC(C)(C)O)c1ccc(OC)cc1. The molecule has 1 N–H and O–H groups in total. The summed E-state index contributed by atoms with van der Waals surface area (Å²) in [4.78, 5) is 12.2. The molecule has 1 aromatic rings. The molecule has 0 radical (unpaired) electrons. The highest BCUT2D eigenvalue weighted by Gasteiger charge is 2.33. The molecule has 1 atom stereocenters.